The molecule has 0 spiro atoms. The van der Waals surface area contributed by atoms with Gasteiger partial charge in [-0.15, -0.1) is 0 Å². The topological polar surface area (TPSA) is 66.5 Å². The molecule has 0 bridgehead atoms. The van der Waals surface area contributed by atoms with Crippen molar-refractivity contribution in [1.29, 1.82) is 0 Å². The molecule has 0 unspecified atom stereocenters. The minimum absolute atomic E-state index is 0.0867. The molecule has 1 aliphatic carbocycles. The number of carbonyl (C=O) groups excluding carboxylic acids is 1. The van der Waals surface area contributed by atoms with Gasteiger partial charge < -0.3 is 5.32 Å². The molecule has 1 aliphatic rings. The monoisotopic (exact) mass is 440 g/mol. The van der Waals surface area contributed by atoms with Gasteiger partial charge in [0.05, 0.1) is 28.5 Å². The maximum Gasteiger partial charge on any atom is 0.251 e. The number of nitrogens with one attached hydrogen (secondary N) is 1. The highest BCUT2D eigenvalue weighted by atomic mass is 35.5. The van der Waals surface area contributed by atoms with Crippen LogP contribution in [0.25, 0.3) is 0 Å². The van der Waals surface area contributed by atoms with Crippen LogP contribution in [0, 0.1) is 0 Å². The molecule has 0 radical (unpaired) electrons. The predicted molar refractivity (Wildman–Crippen MR) is 114 cm³/mol. The maximum absolute atomic E-state index is 12.3. The molecule has 150 valence electrons. The number of amides is 1. The normalized spacial score (nSPS) is 14.8. The van der Waals surface area contributed by atoms with Gasteiger partial charge in [0.2, 0.25) is 10.0 Å². The lowest BCUT2D eigenvalue weighted by Gasteiger charge is -2.24. The highest BCUT2D eigenvalue weighted by Crippen LogP contribution is 2.34. The first-order chi connectivity index (χ1) is 13.3. The van der Waals surface area contributed by atoms with Gasteiger partial charge in [-0.05, 0) is 42.7 Å². The van der Waals surface area contributed by atoms with Crippen LogP contribution in [0.1, 0.15) is 41.6 Å². The van der Waals surface area contributed by atoms with Crippen LogP contribution in [-0.2, 0) is 16.6 Å². The van der Waals surface area contributed by atoms with Crippen LogP contribution in [-0.4, -0.2) is 26.6 Å². The molecule has 1 saturated carbocycles. The molecule has 5 nitrogen and oxygen atoms in total. The summed E-state index contributed by atoms with van der Waals surface area (Å²) in [5, 5.41) is 3.51. The van der Waals surface area contributed by atoms with E-state index in [2.05, 4.69) is 5.32 Å². The van der Waals surface area contributed by atoms with Crippen molar-refractivity contribution in [3.8, 4) is 0 Å². The quantitative estimate of drug-likeness (QED) is 0.711. The molecular formula is C20H22Cl2N2O3S. The van der Waals surface area contributed by atoms with E-state index in [1.54, 1.807) is 42.5 Å². The van der Waals surface area contributed by atoms with Gasteiger partial charge >= 0.3 is 0 Å². The summed E-state index contributed by atoms with van der Waals surface area (Å²) in [6, 6.07) is 12.0. The number of benzene rings is 2. The number of sulfonamides is 1. The zero-order valence-electron chi connectivity index (χ0n) is 15.5. The number of carbonyl (C=O) groups is 1. The molecule has 8 heteroatoms. The zero-order chi connectivity index (χ0) is 20.3. The smallest absolute Gasteiger partial charge is 0.251 e. The average Bonchev–Trinajstić information content (AvgIpc) is 3.15. The minimum atomic E-state index is -3.59. The van der Waals surface area contributed by atoms with Crippen molar-refractivity contribution < 1.29 is 13.2 Å². The first-order valence-electron chi connectivity index (χ1n) is 9.07. The van der Waals surface area contributed by atoms with E-state index in [4.69, 9.17) is 23.2 Å². The molecule has 0 atom stereocenters. The molecule has 3 rings (SSSR count). The molecule has 1 N–H and O–H groups in total. The highest BCUT2D eigenvalue weighted by molar-refractivity contribution is 7.92. The molecular weight excluding hydrogens is 419 g/mol. The lowest BCUT2D eigenvalue weighted by Crippen LogP contribution is -2.32. The summed E-state index contributed by atoms with van der Waals surface area (Å²) in [6.45, 7) is 0.0867. The summed E-state index contributed by atoms with van der Waals surface area (Å²) in [6.07, 6.45) is 5.46. The number of hydrogen-bond donors (Lipinski definition) is 1. The third kappa shape index (κ3) is 4.99. The van der Waals surface area contributed by atoms with Crippen LogP contribution in [0.4, 0.5) is 5.69 Å². The van der Waals surface area contributed by atoms with Gasteiger partial charge in [0, 0.05) is 11.6 Å². The highest BCUT2D eigenvalue weighted by Gasteiger charge is 2.22. The summed E-state index contributed by atoms with van der Waals surface area (Å²) in [7, 11) is -3.59. The Hall–Kier alpha value is -1.76. The first-order valence-corrected chi connectivity index (χ1v) is 11.7. The Morgan fingerprint density at radius 3 is 2.36 bits per heavy atom. The second-order valence-electron chi connectivity index (χ2n) is 6.99. The Morgan fingerprint density at radius 2 is 1.75 bits per heavy atom. The second-order valence-corrected chi connectivity index (χ2v) is 9.69. The fraction of sp³-hybridized carbons (Fsp3) is 0.350. The number of rotatable bonds is 6. The standard InChI is InChI=1S/C20H22Cl2N2O3S/c1-28(26,27)24(18-8-4-7-17(21)19(18)22)13-14-9-11-15(12-10-14)20(25)23-16-5-2-3-6-16/h4,7-12,16H,2-3,5-6,13H2,1H3,(H,23,25). The van der Waals surface area contributed by atoms with Crippen LogP contribution in [0.15, 0.2) is 42.5 Å². The predicted octanol–water partition coefficient (Wildman–Crippen LogP) is 4.63. The van der Waals surface area contributed by atoms with Gasteiger partial charge in [-0.2, -0.15) is 0 Å². The van der Waals surface area contributed by atoms with Crippen LogP contribution < -0.4 is 9.62 Å². The molecule has 1 fully saturated rings. The zero-order valence-corrected chi connectivity index (χ0v) is 17.8. The summed E-state index contributed by atoms with van der Waals surface area (Å²) in [5.74, 6) is -0.101. The molecule has 1 amide bonds. The summed E-state index contributed by atoms with van der Waals surface area (Å²) in [4.78, 5) is 12.3. The van der Waals surface area contributed by atoms with Crippen molar-refractivity contribution in [2.24, 2.45) is 0 Å². The van der Waals surface area contributed by atoms with E-state index >= 15 is 0 Å². The Bertz CT molecular complexity index is 956. The number of halogens is 2. The van der Waals surface area contributed by atoms with E-state index in [-0.39, 0.29) is 28.5 Å². The van der Waals surface area contributed by atoms with Crippen molar-refractivity contribution in [3.05, 3.63) is 63.6 Å². The van der Waals surface area contributed by atoms with Crippen molar-refractivity contribution in [1.82, 2.24) is 5.32 Å². The lowest BCUT2D eigenvalue weighted by atomic mass is 10.1. The molecule has 0 saturated heterocycles. The SMILES string of the molecule is CS(=O)(=O)N(Cc1ccc(C(=O)NC2CCCC2)cc1)c1cccc(Cl)c1Cl. The van der Waals surface area contributed by atoms with E-state index < -0.39 is 10.0 Å². The fourth-order valence-electron chi connectivity index (χ4n) is 3.33. The third-order valence-corrected chi connectivity index (χ3v) is 6.77. The minimum Gasteiger partial charge on any atom is -0.349 e. The molecule has 0 heterocycles. The van der Waals surface area contributed by atoms with E-state index in [1.807, 2.05) is 0 Å². The van der Waals surface area contributed by atoms with Crippen LogP contribution >= 0.6 is 23.2 Å². The van der Waals surface area contributed by atoms with Gasteiger partial charge in [0.1, 0.15) is 0 Å². The van der Waals surface area contributed by atoms with Crippen molar-refractivity contribution in [3.63, 3.8) is 0 Å². The summed E-state index contributed by atoms with van der Waals surface area (Å²) < 4.78 is 25.9. The first kappa shape index (κ1) is 21.0. The van der Waals surface area contributed by atoms with Crippen LogP contribution in [0.2, 0.25) is 10.0 Å². The summed E-state index contributed by atoms with van der Waals surface area (Å²) >= 11 is 12.3. The fourth-order valence-corrected chi connectivity index (χ4v) is 4.67. The molecule has 0 aliphatic heterocycles. The maximum atomic E-state index is 12.3. The Morgan fingerprint density at radius 1 is 1.11 bits per heavy atom. The Labute approximate surface area is 175 Å². The molecule has 2 aromatic carbocycles. The summed E-state index contributed by atoms with van der Waals surface area (Å²) in [5.41, 5.74) is 1.61. The van der Waals surface area contributed by atoms with Crippen molar-refractivity contribution >= 4 is 44.8 Å². The Balaban J connectivity index is 1.78. The van der Waals surface area contributed by atoms with Gasteiger partial charge in [0.15, 0.2) is 0 Å². The second kappa shape index (κ2) is 8.72. The van der Waals surface area contributed by atoms with Crippen molar-refractivity contribution in [2.75, 3.05) is 10.6 Å². The molecule has 28 heavy (non-hydrogen) atoms. The van der Waals surface area contributed by atoms with Gasteiger partial charge in [-0.25, -0.2) is 8.42 Å². The van der Waals surface area contributed by atoms with Crippen LogP contribution in [0.5, 0.6) is 0 Å². The molecule has 0 aromatic heterocycles. The lowest BCUT2D eigenvalue weighted by molar-refractivity contribution is 0.0938. The molecule has 2 aromatic rings. The van der Waals surface area contributed by atoms with E-state index in [9.17, 15) is 13.2 Å². The number of anilines is 1. The van der Waals surface area contributed by atoms with Gasteiger partial charge in [-0.3, -0.25) is 9.10 Å². The largest absolute Gasteiger partial charge is 0.349 e. The average molecular weight is 441 g/mol. The van der Waals surface area contributed by atoms with E-state index in [0.29, 0.717) is 11.3 Å². The Kier molecular flexibility index (Phi) is 6.53. The van der Waals surface area contributed by atoms with E-state index in [0.717, 1.165) is 37.5 Å². The van der Waals surface area contributed by atoms with Gasteiger partial charge in [-0.1, -0.05) is 54.2 Å². The van der Waals surface area contributed by atoms with Gasteiger partial charge in [0.25, 0.3) is 5.91 Å². The van der Waals surface area contributed by atoms with Crippen molar-refractivity contribution in [2.45, 2.75) is 38.3 Å². The number of nitrogens with zero attached hydrogens (tertiary/aromatic N) is 1. The third-order valence-electron chi connectivity index (χ3n) is 4.83. The van der Waals surface area contributed by atoms with E-state index in [1.165, 1.54) is 4.31 Å². The number of hydrogen-bond acceptors (Lipinski definition) is 3. The van der Waals surface area contributed by atoms with Crippen LogP contribution in [0.3, 0.4) is 0 Å².